The molecule has 0 heterocycles. The smallest absolute Gasteiger partial charge is 0.314 e. The molecule has 0 spiro atoms. The van der Waals surface area contributed by atoms with E-state index in [9.17, 15) is 0 Å². The van der Waals surface area contributed by atoms with Crippen LogP contribution in [-0.2, 0) is 8.23 Å². The first-order chi connectivity index (χ1) is 7.37. The zero-order valence-corrected chi connectivity index (χ0v) is 16.0. The van der Waals surface area contributed by atoms with Gasteiger partial charge in [-0.25, -0.2) is 0 Å². The molecule has 0 aromatic heterocycles. The van der Waals surface area contributed by atoms with E-state index in [1.807, 2.05) is 0 Å². The highest BCUT2D eigenvalue weighted by Gasteiger charge is 2.40. The summed E-state index contributed by atoms with van der Waals surface area (Å²) in [4.78, 5) is 0. The van der Waals surface area contributed by atoms with Crippen molar-refractivity contribution in [3.05, 3.63) is 6.92 Å². The Morgan fingerprint density at radius 3 is 1.47 bits per heavy atom. The molecule has 0 saturated carbocycles. The average molecular weight is 292 g/mol. The fraction of sp³-hybridized carbons (Fsp3) is 0.917. The third-order valence-corrected chi connectivity index (χ3v) is 12.0. The van der Waals surface area contributed by atoms with Crippen LogP contribution in [0.4, 0.5) is 0 Å². The Kier molecular flexibility index (Phi) is 6.35. The highest BCUT2D eigenvalue weighted by molar-refractivity contribution is 6.87. The molecule has 0 aliphatic carbocycles. The van der Waals surface area contributed by atoms with Gasteiger partial charge in [-0.3, -0.25) is 0 Å². The summed E-state index contributed by atoms with van der Waals surface area (Å²) in [5.41, 5.74) is 0. The lowest BCUT2D eigenvalue weighted by atomic mass is 10.2. The summed E-state index contributed by atoms with van der Waals surface area (Å²) in [5, 5.41) is 0. The third kappa shape index (κ3) is 9.19. The normalized spacial score (nSPS) is 16.1. The van der Waals surface area contributed by atoms with Gasteiger partial charge in [-0.1, -0.05) is 20.3 Å². The minimum atomic E-state index is -2.02. The van der Waals surface area contributed by atoms with Gasteiger partial charge in [0.25, 0.3) is 0 Å². The minimum Gasteiger partial charge on any atom is -0.437 e. The van der Waals surface area contributed by atoms with E-state index < -0.39 is 25.2 Å². The van der Waals surface area contributed by atoms with E-state index in [4.69, 9.17) is 8.23 Å². The van der Waals surface area contributed by atoms with Crippen molar-refractivity contribution in [1.29, 1.82) is 0 Å². The highest BCUT2D eigenvalue weighted by Crippen LogP contribution is 2.28. The molecule has 103 valence electrons. The first-order valence-corrected chi connectivity index (χ1v) is 15.9. The molecular weight excluding hydrogens is 260 g/mol. The minimum absolute atomic E-state index is 0.597. The summed E-state index contributed by atoms with van der Waals surface area (Å²) in [6, 6.07) is 1.07. The Morgan fingerprint density at radius 1 is 0.882 bits per heavy atom. The van der Waals surface area contributed by atoms with Gasteiger partial charge in [-0.05, 0) is 57.8 Å². The molecule has 2 nitrogen and oxygen atoms in total. The number of hydrogen-bond acceptors (Lipinski definition) is 2. The number of hydrogen-bond donors (Lipinski definition) is 0. The van der Waals surface area contributed by atoms with E-state index in [2.05, 4.69) is 59.7 Å². The highest BCUT2D eigenvalue weighted by atomic mass is 28.5. The molecule has 0 aromatic rings. The molecule has 0 aromatic carbocycles. The van der Waals surface area contributed by atoms with Crippen LogP contribution in [0.2, 0.25) is 51.9 Å². The van der Waals surface area contributed by atoms with Crippen LogP contribution in [0.15, 0.2) is 0 Å². The van der Waals surface area contributed by atoms with Gasteiger partial charge in [0.15, 0.2) is 16.6 Å². The van der Waals surface area contributed by atoms with Crippen molar-refractivity contribution in [3.8, 4) is 0 Å². The maximum atomic E-state index is 6.44. The second-order valence-corrected chi connectivity index (χ2v) is 19.9. The maximum absolute atomic E-state index is 6.44. The van der Waals surface area contributed by atoms with Crippen molar-refractivity contribution in [1.82, 2.24) is 0 Å². The molecule has 17 heavy (non-hydrogen) atoms. The van der Waals surface area contributed by atoms with Gasteiger partial charge in [0.05, 0.1) is 0 Å². The molecule has 5 heteroatoms. The summed E-state index contributed by atoms with van der Waals surface area (Å²) in [7, 11) is -5.09. The summed E-state index contributed by atoms with van der Waals surface area (Å²) in [6.45, 7) is 22.0. The summed E-state index contributed by atoms with van der Waals surface area (Å²) in [6.07, 6.45) is 0.965. The molecule has 0 N–H and O–H groups in total. The molecule has 0 fully saturated rings. The standard InChI is InChI=1S/C12H31O2Si3/c1-10-12(2)11-17(9,13-15(3,4)5)14-16(6,7)8/h12H,1,10-11H2,2-9H3. The zero-order valence-electron chi connectivity index (χ0n) is 13.0. The van der Waals surface area contributed by atoms with Crippen LogP contribution in [0.5, 0.6) is 0 Å². The lowest BCUT2D eigenvalue weighted by Gasteiger charge is -2.39. The van der Waals surface area contributed by atoms with E-state index in [1.165, 1.54) is 0 Å². The van der Waals surface area contributed by atoms with Gasteiger partial charge in [0, 0.05) is 0 Å². The predicted molar refractivity (Wildman–Crippen MR) is 84.4 cm³/mol. The molecule has 0 amide bonds. The van der Waals surface area contributed by atoms with Gasteiger partial charge in [-0.2, -0.15) is 0 Å². The summed E-state index contributed by atoms with van der Waals surface area (Å²) >= 11 is 0. The fourth-order valence-electron chi connectivity index (χ4n) is 2.13. The average Bonchev–Trinajstić information content (AvgIpc) is 1.94. The van der Waals surface area contributed by atoms with E-state index in [0.717, 1.165) is 12.5 Å². The molecule has 1 atom stereocenters. The van der Waals surface area contributed by atoms with E-state index in [0.29, 0.717) is 5.92 Å². The van der Waals surface area contributed by atoms with Crippen molar-refractivity contribution in [3.63, 3.8) is 0 Å². The molecule has 0 aliphatic heterocycles. The molecule has 0 saturated heterocycles. The van der Waals surface area contributed by atoms with Crippen LogP contribution in [0.1, 0.15) is 13.3 Å². The Bertz CT molecular complexity index is 215. The second kappa shape index (κ2) is 6.14. The number of rotatable bonds is 7. The van der Waals surface area contributed by atoms with E-state index in [1.54, 1.807) is 0 Å². The van der Waals surface area contributed by atoms with Crippen LogP contribution in [0.3, 0.4) is 0 Å². The van der Waals surface area contributed by atoms with Crippen molar-refractivity contribution in [2.45, 2.75) is 65.2 Å². The Balaban J connectivity index is 4.81. The van der Waals surface area contributed by atoms with Gasteiger partial charge in [0.1, 0.15) is 0 Å². The summed E-state index contributed by atoms with van der Waals surface area (Å²) in [5.74, 6) is 0.597. The largest absolute Gasteiger partial charge is 0.437 e. The second-order valence-electron chi connectivity index (χ2n) is 7.16. The quantitative estimate of drug-likeness (QED) is 0.637. The maximum Gasteiger partial charge on any atom is 0.314 e. The molecule has 1 unspecified atom stereocenters. The van der Waals surface area contributed by atoms with Crippen molar-refractivity contribution >= 4 is 25.2 Å². The summed E-state index contributed by atoms with van der Waals surface area (Å²) < 4.78 is 12.9. The Hall–Kier alpha value is 0.571. The molecule has 1 radical (unpaired) electrons. The van der Waals surface area contributed by atoms with Crippen LogP contribution < -0.4 is 0 Å². The monoisotopic (exact) mass is 291 g/mol. The lowest BCUT2D eigenvalue weighted by molar-refractivity contribution is 0.370. The molecule has 0 bridgehead atoms. The van der Waals surface area contributed by atoms with Gasteiger partial charge in [0.2, 0.25) is 0 Å². The first-order valence-electron chi connectivity index (χ1n) is 6.56. The Labute approximate surface area is 112 Å². The molecular formula is C12H31O2Si3. The van der Waals surface area contributed by atoms with Crippen LogP contribution in [0.25, 0.3) is 0 Å². The SMILES string of the molecule is [CH2]CC(C)C[Si](C)(O[Si](C)(C)C)O[Si](C)(C)C. The predicted octanol–water partition coefficient (Wildman–Crippen LogP) is 4.62. The fourth-order valence-corrected chi connectivity index (χ4v) is 15.2. The van der Waals surface area contributed by atoms with Gasteiger partial charge >= 0.3 is 8.56 Å². The van der Waals surface area contributed by atoms with Crippen molar-refractivity contribution in [2.75, 3.05) is 0 Å². The van der Waals surface area contributed by atoms with Gasteiger partial charge < -0.3 is 8.23 Å². The van der Waals surface area contributed by atoms with Crippen LogP contribution in [0, 0.1) is 12.8 Å². The van der Waals surface area contributed by atoms with Crippen molar-refractivity contribution in [2.24, 2.45) is 5.92 Å². The van der Waals surface area contributed by atoms with Crippen molar-refractivity contribution < 1.29 is 8.23 Å². The van der Waals surface area contributed by atoms with Crippen LogP contribution in [-0.4, -0.2) is 25.2 Å². The van der Waals surface area contributed by atoms with Crippen LogP contribution >= 0.6 is 0 Å². The third-order valence-electron chi connectivity index (χ3n) is 2.26. The zero-order chi connectivity index (χ0) is 13.9. The van der Waals surface area contributed by atoms with E-state index >= 15 is 0 Å². The van der Waals surface area contributed by atoms with Gasteiger partial charge in [-0.15, -0.1) is 0 Å². The first kappa shape index (κ1) is 17.6. The molecule has 0 aliphatic rings. The molecule has 0 rings (SSSR count). The van der Waals surface area contributed by atoms with E-state index in [-0.39, 0.29) is 0 Å². The lowest BCUT2D eigenvalue weighted by Crippen LogP contribution is -2.53. The Morgan fingerprint density at radius 2 is 1.24 bits per heavy atom. The topological polar surface area (TPSA) is 18.5 Å².